The second-order valence-corrected chi connectivity index (χ2v) is 4.36. The maximum absolute atomic E-state index is 11.8. The molecule has 100 valence electrons. The van der Waals surface area contributed by atoms with E-state index >= 15 is 0 Å². The fourth-order valence-corrected chi connectivity index (χ4v) is 2.13. The van der Waals surface area contributed by atoms with E-state index in [9.17, 15) is 4.79 Å². The van der Waals surface area contributed by atoms with Gasteiger partial charge in [-0.25, -0.2) is 4.79 Å². The molecule has 0 fully saturated rings. The first-order valence-corrected chi connectivity index (χ1v) is 6.10. The van der Waals surface area contributed by atoms with E-state index in [0.717, 1.165) is 16.5 Å². The van der Waals surface area contributed by atoms with Crippen LogP contribution in [0, 0.1) is 6.92 Å². The molecular weight excluding hydrogens is 256 g/mol. The van der Waals surface area contributed by atoms with Gasteiger partial charge < -0.3 is 9.26 Å². The van der Waals surface area contributed by atoms with Crippen LogP contribution >= 0.6 is 0 Å². The van der Waals surface area contributed by atoms with Gasteiger partial charge in [-0.05, 0) is 25.1 Å². The van der Waals surface area contributed by atoms with Crippen molar-refractivity contribution in [1.29, 1.82) is 0 Å². The van der Waals surface area contributed by atoms with Crippen molar-refractivity contribution in [3.63, 3.8) is 0 Å². The van der Waals surface area contributed by atoms with Gasteiger partial charge in [0.15, 0.2) is 0 Å². The Morgan fingerprint density at radius 3 is 2.95 bits per heavy atom. The normalized spacial score (nSPS) is 10.7. The largest absolute Gasteiger partial charge is 0.465 e. The fourth-order valence-electron chi connectivity index (χ4n) is 2.13. The number of aryl methyl sites for hydroxylation is 1. The van der Waals surface area contributed by atoms with Crippen molar-refractivity contribution in [1.82, 2.24) is 10.1 Å². The summed E-state index contributed by atoms with van der Waals surface area (Å²) in [6.45, 7) is 1.69. The summed E-state index contributed by atoms with van der Waals surface area (Å²) >= 11 is 0. The first kappa shape index (κ1) is 12.3. The van der Waals surface area contributed by atoms with Crippen LogP contribution in [0.1, 0.15) is 16.1 Å². The average Bonchev–Trinajstić information content (AvgIpc) is 2.87. The molecule has 0 saturated heterocycles. The summed E-state index contributed by atoms with van der Waals surface area (Å²) in [5.41, 5.74) is 2.52. The zero-order valence-corrected chi connectivity index (χ0v) is 11.1. The number of hydrogen-bond acceptors (Lipinski definition) is 5. The SMILES string of the molecule is COC(=O)c1c(-c2ccc3ncccc3c2)noc1C. The van der Waals surface area contributed by atoms with Gasteiger partial charge in [0.25, 0.3) is 0 Å². The summed E-state index contributed by atoms with van der Waals surface area (Å²) in [5, 5.41) is 4.94. The molecule has 0 unspecified atom stereocenters. The number of pyridine rings is 1. The number of carbonyl (C=O) groups excluding carboxylic acids is 1. The lowest BCUT2D eigenvalue weighted by atomic mass is 10.0. The molecule has 0 amide bonds. The molecule has 0 aliphatic heterocycles. The minimum atomic E-state index is -0.454. The van der Waals surface area contributed by atoms with E-state index in [1.807, 2.05) is 30.3 Å². The van der Waals surface area contributed by atoms with Gasteiger partial charge in [-0.15, -0.1) is 0 Å². The number of carbonyl (C=O) groups is 1. The number of rotatable bonds is 2. The molecule has 0 radical (unpaired) electrons. The maximum Gasteiger partial charge on any atom is 0.343 e. The van der Waals surface area contributed by atoms with Gasteiger partial charge in [0, 0.05) is 17.1 Å². The molecule has 3 rings (SSSR count). The van der Waals surface area contributed by atoms with Crippen LogP contribution in [-0.2, 0) is 4.74 Å². The Labute approximate surface area is 115 Å². The van der Waals surface area contributed by atoms with E-state index in [-0.39, 0.29) is 0 Å². The standard InChI is InChI=1S/C15H12N2O3/c1-9-13(15(18)19-2)14(17-20-9)11-5-6-12-10(8-11)4-3-7-16-12/h3-8H,1-2H3. The number of nitrogens with zero attached hydrogens (tertiary/aromatic N) is 2. The smallest absolute Gasteiger partial charge is 0.343 e. The lowest BCUT2D eigenvalue weighted by Crippen LogP contribution is -2.03. The summed E-state index contributed by atoms with van der Waals surface area (Å²) in [6, 6.07) is 9.48. The van der Waals surface area contributed by atoms with E-state index in [4.69, 9.17) is 9.26 Å². The van der Waals surface area contributed by atoms with Crippen LogP contribution in [0.4, 0.5) is 0 Å². The topological polar surface area (TPSA) is 65.2 Å². The number of esters is 1. The van der Waals surface area contributed by atoms with E-state index < -0.39 is 5.97 Å². The number of methoxy groups -OCH3 is 1. The maximum atomic E-state index is 11.8. The Kier molecular flexibility index (Phi) is 2.95. The number of fused-ring (bicyclic) bond motifs is 1. The van der Waals surface area contributed by atoms with Crippen molar-refractivity contribution in [2.24, 2.45) is 0 Å². The molecule has 1 aromatic carbocycles. The van der Waals surface area contributed by atoms with Crippen molar-refractivity contribution < 1.29 is 14.1 Å². The second kappa shape index (κ2) is 4.77. The monoisotopic (exact) mass is 268 g/mol. The van der Waals surface area contributed by atoms with E-state index in [1.54, 1.807) is 13.1 Å². The summed E-state index contributed by atoms with van der Waals surface area (Å²) in [4.78, 5) is 16.1. The molecule has 0 aliphatic carbocycles. The molecule has 20 heavy (non-hydrogen) atoms. The van der Waals surface area contributed by atoms with Crippen molar-refractivity contribution in [2.45, 2.75) is 6.92 Å². The third kappa shape index (κ3) is 1.93. The van der Waals surface area contributed by atoms with Gasteiger partial charge in [-0.3, -0.25) is 4.98 Å². The zero-order valence-electron chi connectivity index (χ0n) is 11.1. The lowest BCUT2D eigenvalue weighted by molar-refractivity contribution is 0.0599. The average molecular weight is 268 g/mol. The molecule has 2 aromatic heterocycles. The summed E-state index contributed by atoms with van der Waals surface area (Å²) in [6.07, 6.45) is 1.74. The van der Waals surface area contributed by atoms with Gasteiger partial charge in [0.1, 0.15) is 17.0 Å². The third-order valence-electron chi connectivity index (χ3n) is 3.13. The zero-order chi connectivity index (χ0) is 14.1. The van der Waals surface area contributed by atoms with Crippen LogP contribution in [-0.4, -0.2) is 23.2 Å². The van der Waals surface area contributed by atoms with E-state index in [0.29, 0.717) is 17.0 Å². The minimum absolute atomic E-state index is 0.357. The highest BCUT2D eigenvalue weighted by molar-refractivity contribution is 5.98. The highest BCUT2D eigenvalue weighted by Gasteiger charge is 2.22. The molecule has 5 heteroatoms. The van der Waals surface area contributed by atoms with Crippen molar-refractivity contribution in [3.05, 3.63) is 47.9 Å². The van der Waals surface area contributed by atoms with Crippen molar-refractivity contribution >= 4 is 16.9 Å². The molecule has 2 heterocycles. The molecule has 0 bridgehead atoms. The Morgan fingerprint density at radius 1 is 1.30 bits per heavy atom. The summed E-state index contributed by atoms with van der Waals surface area (Å²) in [5.74, 6) is -0.0110. The van der Waals surface area contributed by atoms with E-state index in [1.165, 1.54) is 7.11 Å². The van der Waals surface area contributed by atoms with Gasteiger partial charge in [0.05, 0.1) is 12.6 Å². The Hall–Kier alpha value is -2.69. The van der Waals surface area contributed by atoms with Gasteiger partial charge >= 0.3 is 5.97 Å². The van der Waals surface area contributed by atoms with E-state index in [2.05, 4.69) is 10.1 Å². The molecule has 0 atom stereocenters. The molecule has 0 N–H and O–H groups in total. The number of aromatic nitrogens is 2. The number of hydrogen-bond donors (Lipinski definition) is 0. The van der Waals surface area contributed by atoms with Crippen LogP contribution in [0.5, 0.6) is 0 Å². The molecule has 0 saturated carbocycles. The lowest BCUT2D eigenvalue weighted by Gasteiger charge is -2.02. The highest BCUT2D eigenvalue weighted by Crippen LogP contribution is 2.28. The van der Waals surface area contributed by atoms with Crippen LogP contribution < -0.4 is 0 Å². The van der Waals surface area contributed by atoms with Crippen molar-refractivity contribution in [3.8, 4) is 11.3 Å². The van der Waals surface area contributed by atoms with Gasteiger partial charge in [0.2, 0.25) is 0 Å². The molecule has 0 spiro atoms. The van der Waals surface area contributed by atoms with Crippen LogP contribution in [0.15, 0.2) is 41.1 Å². The second-order valence-electron chi connectivity index (χ2n) is 4.36. The predicted molar refractivity (Wildman–Crippen MR) is 73.3 cm³/mol. The summed E-state index contributed by atoms with van der Waals surface area (Å²) in [7, 11) is 1.34. The highest BCUT2D eigenvalue weighted by atomic mass is 16.5. The molecule has 3 aromatic rings. The van der Waals surface area contributed by atoms with Crippen LogP contribution in [0.25, 0.3) is 22.2 Å². The van der Waals surface area contributed by atoms with Crippen LogP contribution in [0.2, 0.25) is 0 Å². The predicted octanol–water partition coefficient (Wildman–Crippen LogP) is 2.98. The Balaban J connectivity index is 2.18. The van der Waals surface area contributed by atoms with Gasteiger partial charge in [-0.2, -0.15) is 0 Å². The quantitative estimate of drug-likeness (QED) is 0.668. The Bertz CT molecular complexity index is 793. The van der Waals surface area contributed by atoms with Crippen molar-refractivity contribution in [2.75, 3.05) is 7.11 Å². The minimum Gasteiger partial charge on any atom is -0.465 e. The third-order valence-corrected chi connectivity index (χ3v) is 3.13. The summed E-state index contributed by atoms with van der Waals surface area (Å²) < 4.78 is 9.89. The molecule has 0 aliphatic rings. The molecular formula is C15H12N2O3. The fraction of sp³-hybridized carbons (Fsp3) is 0.133. The first-order valence-electron chi connectivity index (χ1n) is 6.10. The van der Waals surface area contributed by atoms with Gasteiger partial charge in [-0.1, -0.05) is 17.3 Å². The number of benzene rings is 1. The molecule has 5 nitrogen and oxygen atoms in total. The number of ether oxygens (including phenoxy) is 1. The Morgan fingerprint density at radius 2 is 2.15 bits per heavy atom. The first-order chi connectivity index (χ1) is 9.70. The van der Waals surface area contributed by atoms with Crippen LogP contribution in [0.3, 0.4) is 0 Å².